The number of nitrogens with one attached hydrogen (secondary N) is 1. The molecule has 0 amide bonds. The zero-order chi connectivity index (χ0) is 12.3. The van der Waals surface area contributed by atoms with Crippen molar-refractivity contribution in [3.05, 3.63) is 0 Å². The molecular weight excluding hydrogens is 214 g/mol. The first-order chi connectivity index (χ1) is 7.89. The standard InChI is InChI=1S/C14H23NO2/c1-13(2,12(16)17)15-14-6-9-3-10(7-14)5-11(4-9)8-14/h9-11,15H,3-8H2,1-2H3,(H,16,17). The third-order valence-corrected chi connectivity index (χ3v) is 5.15. The van der Waals surface area contributed by atoms with Crippen LogP contribution in [0.4, 0.5) is 0 Å². The van der Waals surface area contributed by atoms with Crippen LogP contribution in [0.3, 0.4) is 0 Å². The molecule has 0 radical (unpaired) electrons. The summed E-state index contributed by atoms with van der Waals surface area (Å²) in [7, 11) is 0. The Kier molecular flexibility index (Phi) is 2.35. The minimum absolute atomic E-state index is 0.136. The molecule has 0 unspecified atom stereocenters. The molecule has 4 bridgehead atoms. The number of carboxylic acid groups (broad SMARTS) is 1. The molecular formula is C14H23NO2. The quantitative estimate of drug-likeness (QED) is 0.792. The van der Waals surface area contributed by atoms with Gasteiger partial charge in [-0.1, -0.05) is 0 Å². The van der Waals surface area contributed by atoms with Crippen molar-refractivity contribution < 1.29 is 9.90 Å². The zero-order valence-corrected chi connectivity index (χ0v) is 10.8. The van der Waals surface area contributed by atoms with Crippen LogP contribution in [-0.2, 0) is 4.79 Å². The lowest BCUT2D eigenvalue weighted by molar-refractivity contribution is -0.146. The molecule has 4 fully saturated rings. The SMILES string of the molecule is CC(C)(NC12CC3CC(CC(C3)C1)C2)C(=O)O. The normalized spacial score (nSPS) is 44.0. The van der Waals surface area contributed by atoms with E-state index in [0.717, 1.165) is 17.8 Å². The number of aliphatic carboxylic acids is 1. The van der Waals surface area contributed by atoms with Gasteiger partial charge in [0.25, 0.3) is 0 Å². The van der Waals surface area contributed by atoms with Crippen LogP contribution in [0.15, 0.2) is 0 Å². The molecule has 0 aromatic carbocycles. The summed E-state index contributed by atoms with van der Waals surface area (Å²) in [6, 6.07) is 0. The minimum atomic E-state index is -0.786. The number of carboxylic acids is 1. The van der Waals surface area contributed by atoms with E-state index in [0.29, 0.717) is 0 Å². The van der Waals surface area contributed by atoms with E-state index in [2.05, 4.69) is 5.32 Å². The van der Waals surface area contributed by atoms with Gasteiger partial charge in [-0.05, 0) is 70.1 Å². The highest BCUT2D eigenvalue weighted by molar-refractivity contribution is 5.77. The van der Waals surface area contributed by atoms with Gasteiger partial charge in [0, 0.05) is 5.54 Å². The van der Waals surface area contributed by atoms with Crippen molar-refractivity contribution in [1.29, 1.82) is 0 Å². The van der Waals surface area contributed by atoms with E-state index in [1.807, 2.05) is 0 Å². The number of hydrogen-bond donors (Lipinski definition) is 2. The van der Waals surface area contributed by atoms with Gasteiger partial charge in [0.15, 0.2) is 0 Å². The monoisotopic (exact) mass is 237 g/mol. The molecule has 3 nitrogen and oxygen atoms in total. The van der Waals surface area contributed by atoms with Gasteiger partial charge in [0.2, 0.25) is 0 Å². The molecule has 0 saturated heterocycles. The second-order valence-electron chi connectivity index (χ2n) is 7.25. The Bertz CT molecular complexity index is 313. The molecule has 96 valence electrons. The van der Waals surface area contributed by atoms with E-state index < -0.39 is 11.5 Å². The van der Waals surface area contributed by atoms with Gasteiger partial charge in [-0.25, -0.2) is 0 Å². The van der Waals surface area contributed by atoms with Crippen LogP contribution in [0.2, 0.25) is 0 Å². The summed E-state index contributed by atoms with van der Waals surface area (Å²) in [5.41, 5.74) is -0.650. The molecule has 0 heterocycles. The van der Waals surface area contributed by atoms with E-state index in [-0.39, 0.29) is 5.54 Å². The van der Waals surface area contributed by atoms with Gasteiger partial charge in [-0.3, -0.25) is 10.1 Å². The van der Waals surface area contributed by atoms with E-state index in [1.165, 1.54) is 38.5 Å². The first-order valence-electron chi connectivity index (χ1n) is 6.91. The summed E-state index contributed by atoms with van der Waals surface area (Å²) in [6.07, 6.45) is 7.80. The van der Waals surface area contributed by atoms with Crippen molar-refractivity contribution in [3.8, 4) is 0 Å². The maximum atomic E-state index is 11.3. The Morgan fingerprint density at radius 3 is 1.88 bits per heavy atom. The molecule has 0 aromatic heterocycles. The molecule has 4 rings (SSSR count). The van der Waals surface area contributed by atoms with Crippen LogP contribution in [-0.4, -0.2) is 22.2 Å². The van der Waals surface area contributed by atoms with Gasteiger partial charge < -0.3 is 5.11 Å². The summed E-state index contributed by atoms with van der Waals surface area (Å²) in [5.74, 6) is 1.85. The van der Waals surface area contributed by atoms with Crippen molar-refractivity contribution in [2.75, 3.05) is 0 Å². The highest BCUT2D eigenvalue weighted by Gasteiger charge is 2.53. The summed E-state index contributed by atoms with van der Waals surface area (Å²) in [4.78, 5) is 11.3. The smallest absolute Gasteiger partial charge is 0.323 e. The van der Waals surface area contributed by atoms with Crippen LogP contribution in [0, 0.1) is 17.8 Å². The topological polar surface area (TPSA) is 49.3 Å². The molecule has 0 aromatic rings. The maximum absolute atomic E-state index is 11.3. The van der Waals surface area contributed by atoms with E-state index in [9.17, 15) is 9.90 Å². The van der Waals surface area contributed by atoms with Gasteiger partial charge in [-0.2, -0.15) is 0 Å². The lowest BCUT2D eigenvalue weighted by Crippen LogP contribution is -2.65. The largest absolute Gasteiger partial charge is 0.480 e. The summed E-state index contributed by atoms with van der Waals surface area (Å²) < 4.78 is 0. The molecule has 4 aliphatic carbocycles. The van der Waals surface area contributed by atoms with Crippen molar-refractivity contribution in [3.63, 3.8) is 0 Å². The summed E-state index contributed by atoms with van der Waals surface area (Å²) in [6.45, 7) is 3.60. The van der Waals surface area contributed by atoms with Crippen LogP contribution in [0.25, 0.3) is 0 Å². The molecule has 0 aliphatic heterocycles. The maximum Gasteiger partial charge on any atom is 0.323 e. The lowest BCUT2D eigenvalue weighted by Gasteiger charge is -2.58. The van der Waals surface area contributed by atoms with Crippen molar-refractivity contribution in [1.82, 2.24) is 5.32 Å². The second kappa shape index (κ2) is 3.47. The Balaban J connectivity index is 1.80. The van der Waals surface area contributed by atoms with Crippen LogP contribution in [0.5, 0.6) is 0 Å². The summed E-state index contributed by atoms with van der Waals surface area (Å²) >= 11 is 0. The molecule has 17 heavy (non-hydrogen) atoms. The van der Waals surface area contributed by atoms with Crippen molar-refractivity contribution >= 4 is 5.97 Å². The van der Waals surface area contributed by atoms with Gasteiger partial charge in [0.1, 0.15) is 5.54 Å². The predicted molar refractivity (Wildman–Crippen MR) is 65.8 cm³/mol. The number of hydrogen-bond acceptors (Lipinski definition) is 2. The lowest BCUT2D eigenvalue weighted by atomic mass is 9.52. The average molecular weight is 237 g/mol. The fourth-order valence-electron chi connectivity index (χ4n) is 4.98. The first kappa shape index (κ1) is 11.5. The number of carbonyl (C=O) groups is 1. The van der Waals surface area contributed by atoms with Crippen LogP contribution >= 0.6 is 0 Å². The Hall–Kier alpha value is -0.570. The number of rotatable bonds is 3. The minimum Gasteiger partial charge on any atom is -0.480 e. The van der Waals surface area contributed by atoms with Crippen LogP contribution < -0.4 is 5.32 Å². The Morgan fingerprint density at radius 1 is 1.12 bits per heavy atom. The fraction of sp³-hybridized carbons (Fsp3) is 0.929. The second-order valence-corrected chi connectivity index (χ2v) is 7.25. The van der Waals surface area contributed by atoms with E-state index in [4.69, 9.17) is 0 Å². The third kappa shape index (κ3) is 1.88. The van der Waals surface area contributed by atoms with E-state index in [1.54, 1.807) is 13.8 Å². The highest BCUT2D eigenvalue weighted by atomic mass is 16.4. The molecule has 0 spiro atoms. The predicted octanol–water partition coefficient (Wildman–Crippen LogP) is 2.41. The molecule has 2 N–H and O–H groups in total. The van der Waals surface area contributed by atoms with Gasteiger partial charge in [0.05, 0.1) is 0 Å². The molecule has 4 aliphatic rings. The molecule has 3 heteroatoms. The van der Waals surface area contributed by atoms with Crippen molar-refractivity contribution in [2.45, 2.75) is 63.5 Å². The Labute approximate surface area is 103 Å². The molecule has 4 saturated carbocycles. The van der Waals surface area contributed by atoms with Crippen LogP contribution in [0.1, 0.15) is 52.4 Å². The van der Waals surface area contributed by atoms with Gasteiger partial charge in [-0.15, -0.1) is 0 Å². The van der Waals surface area contributed by atoms with Crippen molar-refractivity contribution in [2.24, 2.45) is 17.8 Å². The highest BCUT2D eigenvalue weighted by Crippen LogP contribution is 2.56. The summed E-state index contributed by atoms with van der Waals surface area (Å²) in [5, 5.41) is 12.8. The zero-order valence-electron chi connectivity index (χ0n) is 10.8. The Morgan fingerprint density at radius 2 is 1.53 bits per heavy atom. The third-order valence-electron chi connectivity index (χ3n) is 5.15. The molecule has 0 atom stereocenters. The fourth-order valence-corrected chi connectivity index (χ4v) is 4.98. The van der Waals surface area contributed by atoms with Gasteiger partial charge >= 0.3 is 5.97 Å². The average Bonchev–Trinajstić information content (AvgIpc) is 2.12. The van der Waals surface area contributed by atoms with E-state index >= 15 is 0 Å². The first-order valence-corrected chi connectivity index (χ1v) is 6.91.